The van der Waals surface area contributed by atoms with Crippen molar-refractivity contribution < 1.29 is 14.7 Å². The van der Waals surface area contributed by atoms with E-state index in [9.17, 15) is 9.59 Å². The lowest BCUT2D eigenvalue weighted by Gasteiger charge is -2.19. The van der Waals surface area contributed by atoms with Gasteiger partial charge in [0.1, 0.15) is 0 Å². The van der Waals surface area contributed by atoms with Crippen molar-refractivity contribution in [2.45, 2.75) is 19.4 Å². The molecule has 1 aromatic heterocycles. The molecule has 2 N–H and O–H groups in total. The average molecular weight is 289 g/mol. The summed E-state index contributed by atoms with van der Waals surface area (Å²) in [6, 6.07) is 10.5. The first-order chi connectivity index (χ1) is 9.58. The molecule has 1 atom stereocenters. The molecule has 1 amide bonds. The third kappa shape index (κ3) is 3.45. The number of carboxylic acid groups (broad SMARTS) is 1. The Morgan fingerprint density at radius 2 is 2.00 bits per heavy atom. The van der Waals surface area contributed by atoms with Crippen LogP contribution in [0.2, 0.25) is 0 Å². The van der Waals surface area contributed by atoms with E-state index >= 15 is 0 Å². The number of benzene rings is 1. The van der Waals surface area contributed by atoms with Gasteiger partial charge in [-0.1, -0.05) is 30.3 Å². The topological polar surface area (TPSA) is 66.4 Å². The molecule has 0 radical (unpaired) electrons. The van der Waals surface area contributed by atoms with E-state index in [0.29, 0.717) is 4.88 Å². The van der Waals surface area contributed by atoms with Crippen LogP contribution in [0, 0.1) is 6.92 Å². The van der Waals surface area contributed by atoms with Crippen LogP contribution in [0.1, 0.15) is 33.3 Å². The lowest BCUT2D eigenvalue weighted by molar-refractivity contribution is -0.137. The predicted molar refractivity (Wildman–Crippen MR) is 78.0 cm³/mol. The first-order valence-corrected chi connectivity index (χ1v) is 7.07. The molecule has 0 fully saturated rings. The number of rotatable bonds is 5. The summed E-state index contributed by atoms with van der Waals surface area (Å²) in [7, 11) is 0. The fourth-order valence-corrected chi connectivity index (χ4v) is 2.66. The van der Waals surface area contributed by atoms with E-state index in [2.05, 4.69) is 5.32 Å². The highest BCUT2D eigenvalue weighted by Crippen LogP contribution is 2.22. The molecular weight excluding hydrogens is 274 g/mol. The van der Waals surface area contributed by atoms with Crippen LogP contribution in [0.15, 0.2) is 41.8 Å². The van der Waals surface area contributed by atoms with Crippen molar-refractivity contribution in [3.63, 3.8) is 0 Å². The van der Waals surface area contributed by atoms with Crippen LogP contribution in [-0.2, 0) is 4.79 Å². The highest BCUT2D eigenvalue weighted by Gasteiger charge is 2.20. The van der Waals surface area contributed by atoms with E-state index in [0.717, 1.165) is 11.1 Å². The average Bonchev–Trinajstić information content (AvgIpc) is 2.92. The van der Waals surface area contributed by atoms with E-state index in [-0.39, 0.29) is 12.3 Å². The zero-order chi connectivity index (χ0) is 14.5. The Kier molecular flexibility index (Phi) is 4.53. The minimum absolute atomic E-state index is 0.137. The lowest BCUT2D eigenvalue weighted by atomic mass is 9.98. The molecule has 5 heteroatoms. The molecule has 0 spiro atoms. The monoisotopic (exact) mass is 289 g/mol. The number of thiophene rings is 1. The Bertz CT molecular complexity index is 607. The van der Waals surface area contributed by atoms with Crippen molar-refractivity contribution in [1.82, 2.24) is 5.32 Å². The third-order valence-corrected chi connectivity index (χ3v) is 3.86. The second-order valence-electron chi connectivity index (χ2n) is 4.46. The lowest BCUT2D eigenvalue weighted by Crippen LogP contribution is -2.30. The van der Waals surface area contributed by atoms with Crippen molar-refractivity contribution in [3.8, 4) is 0 Å². The molecule has 0 aliphatic heterocycles. The number of aliphatic carboxylic acids is 1. The van der Waals surface area contributed by atoms with Gasteiger partial charge in [-0.2, -0.15) is 0 Å². The number of hydrogen-bond donors (Lipinski definition) is 2. The zero-order valence-corrected chi connectivity index (χ0v) is 11.8. The van der Waals surface area contributed by atoms with Gasteiger partial charge in [0.05, 0.1) is 17.3 Å². The van der Waals surface area contributed by atoms with Crippen LogP contribution < -0.4 is 5.32 Å². The Morgan fingerprint density at radius 1 is 1.25 bits per heavy atom. The normalized spacial score (nSPS) is 11.8. The van der Waals surface area contributed by atoms with Gasteiger partial charge in [-0.25, -0.2) is 0 Å². The van der Waals surface area contributed by atoms with Crippen molar-refractivity contribution in [2.75, 3.05) is 0 Å². The fraction of sp³-hybridized carbons (Fsp3) is 0.200. The molecule has 104 valence electrons. The third-order valence-electron chi connectivity index (χ3n) is 2.99. The molecule has 2 aromatic rings. The van der Waals surface area contributed by atoms with Gasteiger partial charge in [0.15, 0.2) is 0 Å². The maximum absolute atomic E-state index is 12.1. The smallest absolute Gasteiger partial charge is 0.305 e. The molecule has 0 aliphatic carbocycles. The Labute approximate surface area is 121 Å². The molecular formula is C15H15NO3S. The maximum atomic E-state index is 12.1. The first-order valence-electron chi connectivity index (χ1n) is 6.19. The standard InChI is InChI=1S/C15H15NO3S/c1-10-5-2-3-6-11(10)12(9-14(17)18)16-15(19)13-7-4-8-20-13/h2-8,12H,9H2,1H3,(H,16,19)(H,17,18)/t12-/m1/s1. The number of hydrogen-bond acceptors (Lipinski definition) is 3. The highest BCUT2D eigenvalue weighted by atomic mass is 32.1. The largest absolute Gasteiger partial charge is 0.481 e. The summed E-state index contributed by atoms with van der Waals surface area (Å²) in [6.07, 6.45) is -0.137. The molecule has 0 bridgehead atoms. The number of amides is 1. The SMILES string of the molecule is Cc1ccccc1[C@@H](CC(=O)O)NC(=O)c1cccs1. The predicted octanol–water partition coefficient (Wildman–Crippen LogP) is 3.00. The highest BCUT2D eigenvalue weighted by molar-refractivity contribution is 7.12. The quantitative estimate of drug-likeness (QED) is 0.889. The molecule has 2 rings (SSSR count). The van der Waals surface area contributed by atoms with Gasteiger partial charge in [-0.3, -0.25) is 9.59 Å². The molecule has 0 aliphatic rings. The van der Waals surface area contributed by atoms with E-state index in [1.54, 1.807) is 12.1 Å². The van der Waals surface area contributed by atoms with Gasteiger partial charge < -0.3 is 10.4 Å². The van der Waals surface area contributed by atoms with Crippen molar-refractivity contribution >= 4 is 23.2 Å². The summed E-state index contributed by atoms with van der Waals surface area (Å²) in [5, 5.41) is 13.6. The fourth-order valence-electron chi connectivity index (χ4n) is 2.03. The van der Waals surface area contributed by atoms with Crippen molar-refractivity contribution in [3.05, 3.63) is 57.8 Å². The van der Waals surface area contributed by atoms with Gasteiger partial charge >= 0.3 is 5.97 Å². The molecule has 0 saturated heterocycles. The summed E-state index contributed by atoms with van der Waals surface area (Å²) < 4.78 is 0. The maximum Gasteiger partial charge on any atom is 0.305 e. The van der Waals surface area contributed by atoms with Gasteiger partial charge in [0.2, 0.25) is 0 Å². The van der Waals surface area contributed by atoms with E-state index in [1.165, 1.54) is 11.3 Å². The van der Waals surface area contributed by atoms with Gasteiger partial charge in [0, 0.05) is 0 Å². The van der Waals surface area contributed by atoms with E-state index in [4.69, 9.17) is 5.11 Å². The molecule has 0 saturated carbocycles. The van der Waals surface area contributed by atoms with Gasteiger partial charge in [-0.05, 0) is 29.5 Å². The number of carbonyl (C=O) groups excluding carboxylic acids is 1. The summed E-state index contributed by atoms with van der Waals surface area (Å²) in [5.74, 6) is -1.18. The van der Waals surface area contributed by atoms with Crippen LogP contribution in [-0.4, -0.2) is 17.0 Å². The second-order valence-corrected chi connectivity index (χ2v) is 5.41. The molecule has 1 heterocycles. The second kappa shape index (κ2) is 6.34. The van der Waals surface area contributed by atoms with Crippen molar-refractivity contribution in [1.29, 1.82) is 0 Å². The van der Waals surface area contributed by atoms with Gasteiger partial charge in [0.25, 0.3) is 5.91 Å². The molecule has 1 aromatic carbocycles. The van der Waals surface area contributed by atoms with E-state index < -0.39 is 12.0 Å². The zero-order valence-electron chi connectivity index (χ0n) is 11.0. The Morgan fingerprint density at radius 3 is 2.60 bits per heavy atom. The number of nitrogens with one attached hydrogen (secondary N) is 1. The van der Waals surface area contributed by atoms with E-state index in [1.807, 2.05) is 36.6 Å². The minimum atomic E-state index is -0.940. The number of aryl methyl sites for hydroxylation is 1. The Hall–Kier alpha value is -2.14. The summed E-state index contributed by atoms with van der Waals surface area (Å²) in [5.41, 5.74) is 1.80. The van der Waals surface area contributed by atoms with Crippen LogP contribution in [0.5, 0.6) is 0 Å². The van der Waals surface area contributed by atoms with Gasteiger partial charge in [-0.15, -0.1) is 11.3 Å². The van der Waals surface area contributed by atoms with Crippen LogP contribution in [0.25, 0.3) is 0 Å². The Balaban J connectivity index is 2.22. The van der Waals surface area contributed by atoms with Crippen LogP contribution >= 0.6 is 11.3 Å². The summed E-state index contributed by atoms with van der Waals surface area (Å²) in [4.78, 5) is 23.7. The first kappa shape index (κ1) is 14.3. The van der Waals surface area contributed by atoms with Crippen molar-refractivity contribution in [2.24, 2.45) is 0 Å². The number of carbonyl (C=O) groups is 2. The van der Waals surface area contributed by atoms with Crippen LogP contribution in [0.3, 0.4) is 0 Å². The summed E-state index contributed by atoms with van der Waals surface area (Å²) in [6.45, 7) is 1.90. The minimum Gasteiger partial charge on any atom is -0.481 e. The summed E-state index contributed by atoms with van der Waals surface area (Å²) >= 11 is 1.33. The van der Waals surface area contributed by atoms with Crippen LogP contribution in [0.4, 0.5) is 0 Å². The molecule has 4 nitrogen and oxygen atoms in total. The number of carboxylic acids is 1. The molecule has 20 heavy (non-hydrogen) atoms. The molecule has 0 unspecified atom stereocenters.